The predicted octanol–water partition coefficient (Wildman–Crippen LogP) is 1.64. The van der Waals surface area contributed by atoms with Gasteiger partial charge < -0.3 is 9.64 Å². The maximum absolute atomic E-state index is 13.8. The summed E-state index contributed by atoms with van der Waals surface area (Å²) in [6.07, 6.45) is 0.747. The van der Waals surface area contributed by atoms with E-state index in [4.69, 9.17) is 4.74 Å². The lowest BCUT2D eigenvalue weighted by Gasteiger charge is -2.21. The van der Waals surface area contributed by atoms with E-state index in [1.165, 1.54) is 12.1 Å². The van der Waals surface area contributed by atoms with Crippen molar-refractivity contribution in [2.75, 3.05) is 24.6 Å². The van der Waals surface area contributed by atoms with Gasteiger partial charge in [0, 0.05) is 31.8 Å². The van der Waals surface area contributed by atoms with Gasteiger partial charge in [-0.1, -0.05) is 0 Å². The second-order valence-corrected chi connectivity index (χ2v) is 8.02. The lowest BCUT2D eigenvalue weighted by Crippen LogP contribution is -2.44. The number of nitrogens with zero attached hydrogens (tertiary/aromatic N) is 1. The molecule has 23 heavy (non-hydrogen) atoms. The van der Waals surface area contributed by atoms with E-state index in [1.54, 1.807) is 11.8 Å². The van der Waals surface area contributed by atoms with Crippen molar-refractivity contribution in [3.63, 3.8) is 0 Å². The Balaban J connectivity index is 1.66. The molecule has 0 aliphatic carbocycles. The number of hydrogen-bond acceptors (Lipinski definition) is 4. The molecule has 2 saturated heterocycles. The van der Waals surface area contributed by atoms with Gasteiger partial charge in [0.05, 0.1) is 11.8 Å². The molecule has 0 bridgehead atoms. The van der Waals surface area contributed by atoms with E-state index in [1.807, 2.05) is 0 Å². The minimum Gasteiger partial charge on any atom is -0.377 e. The van der Waals surface area contributed by atoms with Crippen LogP contribution >= 0.6 is 0 Å². The van der Waals surface area contributed by atoms with Crippen LogP contribution in [0.4, 0.5) is 14.5 Å². The molecule has 1 N–H and O–H groups in total. The molecule has 0 radical (unpaired) electrons. The van der Waals surface area contributed by atoms with Crippen LogP contribution in [0.5, 0.6) is 0 Å². The maximum atomic E-state index is 13.8. The topological polar surface area (TPSA) is 58.6 Å². The Morgan fingerprint density at radius 2 is 2.09 bits per heavy atom. The van der Waals surface area contributed by atoms with E-state index in [9.17, 15) is 17.2 Å². The summed E-state index contributed by atoms with van der Waals surface area (Å²) in [5.41, 5.74) is 0.297. The van der Waals surface area contributed by atoms with E-state index in [-0.39, 0.29) is 12.1 Å². The largest absolute Gasteiger partial charge is 0.377 e. The Kier molecular flexibility index (Phi) is 4.57. The first kappa shape index (κ1) is 16.6. The molecule has 3 atom stereocenters. The van der Waals surface area contributed by atoms with Gasteiger partial charge in [0.1, 0.15) is 16.9 Å². The quantitative estimate of drug-likeness (QED) is 0.900. The van der Waals surface area contributed by atoms with Gasteiger partial charge in [0.15, 0.2) is 0 Å². The van der Waals surface area contributed by atoms with Gasteiger partial charge >= 0.3 is 0 Å². The first-order valence-electron chi connectivity index (χ1n) is 7.69. The number of sulfonamides is 1. The van der Waals surface area contributed by atoms with Gasteiger partial charge in [-0.3, -0.25) is 0 Å². The molecule has 8 heteroatoms. The van der Waals surface area contributed by atoms with Crippen LogP contribution in [0, 0.1) is 11.6 Å². The molecule has 0 aromatic heterocycles. The highest BCUT2D eigenvalue weighted by molar-refractivity contribution is 7.90. The first-order valence-corrected chi connectivity index (χ1v) is 9.24. The summed E-state index contributed by atoms with van der Waals surface area (Å²) in [7, 11) is -3.47. The van der Waals surface area contributed by atoms with E-state index >= 15 is 0 Å². The predicted molar refractivity (Wildman–Crippen MR) is 82.9 cm³/mol. The van der Waals surface area contributed by atoms with Crippen molar-refractivity contribution >= 4 is 15.7 Å². The van der Waals surface area contributed by atoms with Crippen molar-refractivity contribution < 1.29 is 21.9 Å². The van der Waals surface area contributed by atoms with Gasteiger partial charge in [0.25, 0.3) is 0 Å². The molecule has 0 spiro atoms. The highest BCUT2D eigenvalue weighted by Crippen LogP contribution is 2.26. The summed E-state index contributed by atoms with van der Waals surface area (Å²) < 4.78 is 59.7. The summed E-state index contributed by atoms with van der Waals surface area (Å²) in [6.45, 7) is 3.09. The number of nitrogens with one attached hydrogen (secondary N) is 1. The molecule has 128 valence electrons. The lowest BCUT2D eigenvalue weighted by molar-refractivity contribution is 0.126. The molecule has 2 heterocycles. The third-order valence-electron chi connectivity index (χ3n) is 4.47. The molecule has 3 unspecified atom stereocenters. The van der Waals surface area contributed by atoms with Crippen molar-refractivity contribution in [2.24, 2.45) is 0 Å². The molecule has 0 amide bonds. The summed E-state index contributed by atoms with van der Waals surface area (Å²) in [5, 5.41) is -0.542. The normalized spacial score (nSPS) is 28.5. The maximum Gasteiger partial charge on any atom is 0.217 e. The zero-order valence-electron chi connectivity index (χ0n) is 12.8. The van der Waals surface area contributed by atoms with Crippen LogP contribution in [0.15, 0.2) is 18.2 Å². The van der Waals surface area contributed by atoms with Crippen LogP contribution in [0.2, 0.25) is 0 Å². The van der Waals surface area contributed by atoms with Crippen molar-refractivity contribution in [1.29, 1.82) is 0 Å². The smallest absolute Gasteiger partial charge is 0.217 e. The first-order chi connectivity index (χ1) is 10.9. The molecule has 2 fully saturated rings. The fourth-order valence-electron chi connectivity index (χ4n) is 3.25. The minimum atomic E-state index is -3.47. The third-order valence-corrected chi connectivity index (χ3v) is 6.55. The van der Waals surface area contributed by atoms with Crippen LogP contribution in [0.1, 0.15) is 19.8 Å². The van der Waals surface area contributed by atoms with Gasteiger partial charge in [0.2, 0.25) is 10.0 Å². The summed E-state index contributed by atoms with van der Waals surface area (Å²) >= 11 is 0. The molecular formula is C15H20F2N2O3S. The Hall–Kier alpha value is -1.25. The number of ether oxygens (including phenoxy) is 1. The van der Waals surface area contributed by atoms with E-state index in [0.29, 0.717) is 38.2 Å². The van der Waals surface area contributed by atoms with Gasteiger partial charge in [-0.2, -0.15) is 0 Å². The average Bonchev–Trinajstić information content (AvgIpc) is 3.08. The molecular weight excluding hydrogens is 326 g/mol. The monoisotopic (exact) mass is 346 g/mol. The minimum absolute atomic E-state index is 0.280. The van der Waals surface area contributed by atoms with Gasteiger partial charge in [-0.25, -0.2) is 21.9 Å². The van der Waals surface area contributed by atoms with E-state index in [0.717, 1.165) is 6.07 Å². The van der Waals surface area contributed by atoms with Crippen LogP contribution in [-0.2, 0) is 14.8 Å². The molecule has 5 nitrogen and oxygen atoms in total. The average molecular weight is 346 g/mol. The zero-order valence-corrected chi connectivity index (χ0v) is 13.7. The number of halogens is 2. The molecule has 2 aliphatic rings. The number of rotatable bonds is 4. The standard InChI is InChI=1S/C15H20F2N2O3S/c1-10-15(5-7-22-10)23(20,21)18-12-4-6-19(9-12)14-3-2-11(16)8-13(14)17/h2-3,8,10,12,15,18H,4-7,9H2,1H3. The summed E-state index contributed by atoms with van der Waals surface area (Å²) in [6, 6.07) is 3.14. The second kappa shape index (κ2) is 6.33. The highest BCUT2D eigenvalue weighted by Gasteiger charge is 2.38. The number of anilines is 1. The molecule has 1 aromatic rings. The molecule has 2 aliphatic heterocycles. The SMILES string of the molecule is CC1OCCC1S(=O)(=O)NC1CCN(c2ccc(F)cc2F)C1. The summed E-state index contributed by atoms with van der Waals surface area (Å²) in [4.78, 5) is 1.73. The van der Waals surface area contributed by atoms with Crippen molar-refractivity contribution in [3.8, 4) is 0 Å². The third kappa shape index (κ3) is 3.49. The van der Waals surface area contributed by atoms with Crippen LogP contribution in [0.25, 0.3) is 0 Å². The van der Waals surface area contributed by atoms with E-state index < -0.39 is 26.9 Å². The number of benzene rings is 1. The van der Waals surface area contributed by atoms with Gasteiger partial charge in [-0.05, 0) is 31.9 Å². The lowest BCUT2D eigenvalue weighted by atomic mass is 10.2. The molecule has 1 aromatic carbocycles. The fraction of sp³-hybridized carbons (Fsp3) is 0.600. The van der Waals surface area contributed by atoms with Crippen molar-refractivity contribution in [1.82, 2.24) is 4.72 Å². The Morgan fingerprint density at radius 1 is 1.30 bits per heavy atom. The van der Waals surface area contributed by atoms with Gasteiger partial charge in [-0.15, -0.1) is 0 Å². The zero-order chi connectivity index (χ0) is 16.6. The van der Waals surface area contributed by atoms with Crippen molar-refractivity contribution in [2.45, 2.75) is 37.2 Å². The molecule has 0 saturated carbocycles. The van der Waals surface area contributed by atoms with E-state index in [2.05, 4.69) is 4.72 Å². The Morgan fingerprint density at radius 3 is 2.74 bits per heavy atom. The Labute approximate surface area is 134 Å². The Bertz CT molecular complexity index is 683. The molecule has 3 rings (SSSR count). The van der Waals surface area contributed by atoms with Crippen LogP contribution in [-0.4, -0.2) is 45.5 Å². The highest BCUT2D eigenvalue weighted by atomic mass is 32.2. The summed E-state index contributed by atoms with van der Waals surface area (Å²) in [5.74, 6) is -1.26. The fourth-order valence-corrected chi connectivity index (χ4v) is 5.07. The van der Waals surface area contributed by atoms with Crippen LogP contribution < -0.4 is 9.62 Å². The van der Waals surface area contributed by atoms with Crippen molar-refractivity contribution in [3.05, 3.63) is 29.8 Å². The number of hydrogen-bond donors (Lipinski definition) is 1. The van der Waals surface area contributed by atoms with Crippen LogP contribution in [0.3, 0.4) is 0 Å². The second-order valence-electron chi connectivity index (χ2n) is 6.09.